The number of carbonyl (C=O) groups excluding carboxylic acids is 1. The van der Waals surface area contributed by atoms with Gasteiger partial charge in [-0.15, -0.1) is 0 Å². The molecule has 1 aromatic heterocycles. The van der Waals surface area contributed by atoms with Gasteiger partial charge in [0, 0.05) is 24.5 Å². The van der Waals surface area contributed by atoms with Gasteiger partial charge >= 0.3 is 6.18 Å². The van der Waals surface area contributed by atoms with E-state index in [1.54, 1.807) is 30.1 Å². The van der Waals surface area contributed by atoms with Crippen LogP contribution < -0.4 is 5.32 Å². The lowest BCUT2D eigenvalue weighted by molar-refractivity contribution is -0.137. The summed E-state index contributed by atoms with van der Waals surface area (Å²) in [7, 11) is 0. The third kappa shape index (κ3) is 4.08. The Morgan fingerprint density at radius 3 is 2.76 bits per heavy atom. The topological polar surface area (TPSA) is 46.9 Å². The maximum Gasteiger partial charge on any atom is 0.416 e. The van der Waals surface area contributed by atoms with Crippen LogP contribution in [0.2, 0.25) is 0 Å². The van der Waals surface area contributed by atoms with Crippen molar-refractivity contribution >= 4 is 11.6 Å². The lowest BCUT2D eigenvalue weighted by Crippen LogP contribution is -2.18. The molecule has 1 unspecified atom stereocenters. The van der Waals surface area contributed by atoms with E-state index in [9.17, 15) is 18.0 Å². The van der Waals surface area contributed by atoms with E-state index in [0.717, 1.165) is 12.1 Å². The molecule has 1 atom stereocenters. The molecule has 0 bridgehead atoms. The summed E-state index contributed by atoms with van der Waals surface area (Å²) in [6.45, 7) is 1.80. The summed E-state index contributed by atoms with van der Waals surface area (Å²) in [5, 5.41) is 6.48. The van der Waals surface area contributed by atoms with Crippen molar-refractivity contribution in [3.8, 4) is 0 Å². The molecule has 0 aliphatic rings. The molecule has 0 saturated heterocycles. The Kier molecular flexibility index (Phi) is 4.30. The first-order chi connectivity index (χ1) is 9.86. The van der Waals surface area contributed by atoms with Gasteiger partial charge < -0.3 is 5.32 Å². The molecule has 0 aliphatic carbocycles. The smallest absolute Gasteiger partial charge is 0.326 e. The van der Waals surface area contributed by atoms with E-state index < -0.39 is 11.7 Å². The first-order valence-corrected chi connectivity index (χ1v) is 6.32. The molecule has 0 radical (unpaired) electrons. The summed E-state index contributed by atoms with van der Waals surface area (Å²) in [6, 6.07) is 6.12. The maximum atomic E-state index is 12.6. The van der Waals surface area contributed by atoms with Gasteiger partial charge in [0.2, 0.25) is 5.91 Å². The Morgan fingerprint density at radius 2 is 2.14 bits per heavy atom. The molecule has 1 heterocycles. The van der Waals surface area contributed by atoms with Gasteiger partial charge in [-0.25, -0.2) is 0 Å². The monoisotopic (exact) mass is 297 g/mol. The van der Waals surface area contributed by atoms with E-state index in [2.05, 4.69) is 10.4 Å². The van der Waals surface area contributed by atoms with Gasteiger partial charge in [-0.2, -0.15) is 18.3 Å². The van der Waals surface area contributed by atoms with Gasteiger partial charge in [0.25, 0.3) is 0 Å². The molecule has 0 saturated carbocycles. The molecule has 2 rings (SSSR count). The standard InChI is InChI=1S/C14H14F3N3O/c1-10(20-7-3-6-18-20)8-13(21)19-12-5-2-4-11(9-12)14(15,16)17/h2-7,9-10H,8H2,1H3,(H,19,21). The van der Waals surface area contributed by atoms with Crippen molar-refractivity contribution in [2.75, 3.05) is 5.32 Å². The van der Waals surface area contributed by atoms with Crippen LogP contribution >= 0.6 is 0 Å². The van der Waals surface area contributed by atoms with Crippen LogP contribution in [0.3, 0.4) is 0 Å². The number of hydrogen-bond acceptors (Lipinski definition) is 2. The van der Waals surface area contributed by atoms with Crippen LogP contribution in [-0.2, 0) is 11.0 Å². The molecule has 1 N–H and O–H groups in total. The minimum absolute atomic E-state index is 0.123. The van der Waals surface area contributed by atoms with Crippen LogP contribution in [0.15, 0.2) is 42.7 Å². The fourth-order valence-electron chi connectivity index (χ4n) is 1.89. The maximum absolute atomic E-state index is 12.6. The van der Waals surface area contributed by atoms with Crippen molar-refractivity contribution in [2.24, 2.45) is 0 Å². The van der Waals surface area contributed by atoms with E-state index in [1.807, 2.05) is 0 Å². The molecular weight excluding hydrogens is 283 g/mol. The van der Waals surface area contributed by atoms with Crippen molar-refractivity contribution in [1.82, 2.24) is 9.78 Å². The number of carbonyl (C=O) groups is 1. The van der Waals surface area contributed by atoms with Gasteiger partial charge in [0.05, 0.1) is 11.6 Å². The number of hydrogen-bond donors (Lipinski definition) is 1. The Bertz CT molecular complexity index is 608. The Labute approximate surface area is 119 Å². The molecule has 1 aromatic carbocycles. The van der Waals surface area contributed by atoms with Gasteiger partial charge in [-0.05, 0) is 31.2 Å². The first kappa shape index (κ1) is 15.1. The third-order valence-corrected chi connectivity index (χ3v) is 2.93. The fourth-order valence-corrected chi connectivity index (χ4v) is 1.89. The largest absolute Gasteiger partial charge is 0.416 e. The number of nitrogens with one attached hydrogen (secondary N) is 1. The first-order valence-electron chi connectivity index (χ1n) is 6.32. The highest BCUT2D eigenvalue weighted by molar-refractivity contribution is 5.91. The van der Waals surface area contributed by atoms with E-state index in [1.165, 1.54) is 12.1 Å². The zero-order valence-electron chi connectivity index (χ0n) is 11.3. The molecule has 4 nitrogen and oxygen atoms in total. The van der Waals surface area contributed by atoms with Crippen LogP contribution in [0.4, 0.5) is 18.9 Å². The van der Waals surface area contributed by atoms with Crippen molar-refractivity contribution < 1.29 is 18.0 Å². The van der Waals surface area contributed by atoms with Crippen molar-refractivity contribution in [1.29, 1.82) is 0 Å². The van der Waals surface area contributed by atoms with Crippen LogP contribution in [0.1, 0.15) is 24.9 Å². The van der Waals surface area contributed by atoms with Crippen molar-refractivity contribution in [3.63, 3.8) is 0 Å². The highest BCUT2D eigenvalue weighted by Crippen LogP contribution is 2.30. The number of benzene rings is 1. The van der Waals surface area contributed by atoms with Crippen LogP contribution in [0.5, 0.6) is 0 Å². The fraction of sp³-hybridized carbons (Fsp3) is 0.286. The minimum atomic E-state index is -4.43. The molecule has 7 heteroatoms. The number of anilines is 1. The SMILES string of the molecule is CC(CC(=O)Nc1cccc(C(F)(F)F)c1)n1cccn1. The number of amides is 1. The van der Waals surface area contributed by atoms with Gasteiger partial charge in [-0.3, -0.25) is 9.48 Å². The summed E-state index contributed by atoms with van der Waals surface area (Å²) in [5.41, 5.74) is -0.664. The summed E-state index contributed by atoms with van der Waals surface area (Å²) >= 11 is 0. The van der Waals surface area contributed by atoms with E-state index in [0.29, 0.717) is 0 Å². The predicted molar refractivity (Wildman–Crippen MR) is 71.6 cm³/mol. The Morgan fingerprint density at radius 1 is 1.38 bits per heavy atom. The molecule has 0 fully saturated rings. The molecule has 0 aliphatic heterocycles. The second-order valence-electron chi connectivity index (χ2n) is 4.67. The number of alkyl halides is 3. The Hall–Kier alpha value is -2.31. The van der Waals surface area contributed by atoms with Crippen molar-refractivity contribution in [2.45, 2.75) is 25.6 Å². The lowest BCUT2D eigenvalue weighted by Gasteiger charge is -2.13. The average molecular weight is 297 g/mol. The zero-order chi connectivity index (χ0) is 15.5. The van der Waals surface area contributed by atoms with Gasteiger partial charge in [0.15, 0.2) is 0 Å². The summed E-state index contributed by atoms with van der Waals surface area (Å²) in [6.07, 6.45) is -0.982. The summed E-state index contributed by atoms with van der Waals surface area (Å²) < 4.78 is 39.3. The summed E-state index contributed by atoms with van der Waals surface area (Å²) in [5.74, 6) is -0.364. The van der Waals surface area contributed by atoms with Crippen LogP contribution in [0.25, 0.3) is 0 Å². The lowest BCUT2D eigenvalue weighted by atomic mass is 10.2. The number of nitrogens with zero attached hydrogens (tertiary/aromatic N) is 2. The van der Waals surface area contributed by atoms with Crippen LogP contribution in [0, 0.1) is 0 Å². The van der Waals surface area contributed by atoms with E-state index in [4.69, 9.17) is 0 Å². The molecule has 0 spiro atoms. The van der Waals surface area contributed by atoms with Crippen LogP contribution in [-0.4, -0.2) is 15.7 Å². The van der Waals surface area contributed by atoms with E-state index in [-0.39, 0.29) is 24.1 Å². The number of halogens is 3. The minimum Gasteiger partial charge on any atom is -0.326 e. The molecule has 112 valence electrons. The average Bonchev–Trinajstić information content (AvgIpc) is 2.91. The zero-order valence-corrected chi connectivity index (χ0v) is 11.3. The van der Waals surface area contributed by atoms with Crippen molar-refractivity contribution in [3.05, 3.63) is 48.3 Å². The molecular formula is C14H14F3N3O. The van der Waals surface area contributed by atoms with E-state index >= 15 is 0 Å². The van der Waals surface area contributed by atoms with Gasteiger partial charge in [-0.1, -0.05) is 6.07 Å². The Balaban J connectivity index is 2.00. The molecule has 2 aromatic rings. The third-order valence-electron chi connectivity index (χ3n) is 2.93. The quantitative estimate of drug-likeness (QED) is 0.939. The normalized spacial score (nSPS) is 13.0. The molecule has 1 amide bonds. The van der Waals surface area contributed by atoms with Gasteiger partial charge in [0.1, 0.15) is 0 Å². The molecule has 21 heavy (non-hydrogen) atoms. The highest BCUT2D eigenvalue weighted by Gasteiger charge is 2.30. The number of rotatable bonds is 4. The second kappa shape index (κ2) is 5.99. The highest BCUT2D eigenvalue weighted by atomic mass is 19.4. The summed E-state index contributed by atoms with van der Waals surface area (Å²) in [4.78, 5) is 11.8. The second-order valence-corrected chi connectivity index (χ2v) is 4.67. The predicted octanol–water partition coefficient (Wildman–Crippen LogP) is 3.49. The number of aromatic nitrogens is 2.